The molecular formula is C11H10N2S. The second kappa shape index (κ2) is 3.72. The summed E-state index contributed by atoms with van der Waals surface area (Å²) in [5, 5.41) is 0. The molecule has 0 aliphatic carbocycles. The molecule has 0 aliphatic heterocycles. The van der Waals surface area contributed by atoms with Gasteiger partial charge < -0.3 is 4.98 Å². The van der Waals surface area contributed by atoms with Crippen LogP contribution in [0.3, 0.4) is 0 Å². The van der Waals surface area contributed by atoms with Crippen molar-refractivity contribution < 1.29 is 0 Å². The summed E-state index contributed by atoms with van der Waals surface area (Å²) in [6, 6.07) is 8.14. The molecule has 2 aromatic rings. The highest BCUT2D eigenvalue weighted by Crippen LogP contribution is 2.19. The van der Waals surface area contributed by atoms with Gasteiger partial charge in [-0.25, -0.2) is 0 Å². The number of aryl methyl sites for hydroxylation is 1. The first-order valence-corrected chi connectivity index (χ1v) is 4.79. The smallest absolute Gasteiger partial charge is 0.121 e. The zero-order valence-corrected chi connectivity index (χ0v) is 8.64. The van der Waals surface area contributed by atoms with E-state index in [2.05, 4.69) is 29.0 Å². The van der Waals surface area contributed by atoms with Crippen LogP contribution >= 0.6 is 12.2 Å². The molecule has 1 aromatic heterocycles. The fourth-order valence-electron chi connectivity index (χ4n) is 1.35. The Kier molecular flexibility index (Phi) is 2.41. The Morgan fingerprint density at radius 2 is 2.07 bits per heavy atom. The highest BCUT2D eigenvalue weighted by molar-refractivity contribution is 7.71. The minimum absolute atomic E-state index is 0.655. The van der Waals surface area contributed by atoms with Gasteiger partial charge in [-0.1, -0.05) is 36.5 Å². The van der Waals surface area contributed by atoms with Gasteiger partial charge in [0.2, 0.25) is 0 Å². The van der Waals surface area contributed by atoms with Crippen LogP contribution in [0.1, 0.15) is 5.56 Å². The van der Waals surface area contributed by atoms with Gasteiger partial charge >= 0.3 is 0 Å². The van der Waals surface area contributed by atoms with E-state index in [0.29, 0.717) is 4.64 Å². The molecule has 0 aliphatic rings. The van der Waals surface area contributed by atoms with Crippen LogP contribution < -0.4 is 0 Å². The molecule has 0 atom stereocenters. The predicted octanol–water partition coefficient (Wildman–Crippen LogP) is 3.11. The van der Waals surface area contributed by atoms with Crippen LogP contribution in [0, 0.1) is 11.6 Å². The summed E-state index contributed by atoms with van der Waals surface area (Å²) in [7, 11) is 0. The molecule has 0 spiro atoms. The van der Waals surface area contributed by atoms with Crippen molar-refractivity contribution in [3.8, 4) is 11.3 Å². The maximum atomic E-state index is 4.94. The van der Waals surface area contributed by atoms with E-state index in [1.54, 1.807) is 6.20 Å². The van der Waals surface area contributed by atoms with Crippen molar-refractivity contribution in [1.82, 2.24) is 9.97 Å². The molecule has 70 valence electrons. The summed E-state index contributed by atoms with van der Waals surface area (Å²) in [5.74, 6) is 0. The molecule has 3 heteroatoms. The summed E-state index contributed by atoms with van der Waals surface area (Å²) in [6.45, 7) is 2.07. The van der Waals surface area contributed by atoms with Crippen molar-refractivity contribution in [3.05, 3.63) is 46.9 Å². The van der Waals surface area contributed by atoms with E-state index in [1.807, 2.05) is 18.3 Å². The van der Waals surface area contributed by atoms with Crippen molar-refractivity contribution in [3.63, 3.8) is 0 Å². The van der Waals surface area contributed by atoms with E-state index < -0.39 is 0 Å². The molecular weight excluding hydrogens is 192 g/mol. The van der Waals surface area contributed by atoms with Gasteiger partial charge in [-0.2, -0.15) is 0 Å². The van der Waals surface area contributed by atoms with Gasteiger partial charge in [0.05, 0.1) is 11.9 Å². The Balaban J connectivity index is 2.55. The second-order valence-electron chi connectivity index (χ2n) is 3.11. The first-order valence-electron chi connectivity index (χ1n) is 4.38. The molecule has 0 unspecified atom stereocenters. The van der Waals surface area contributed by atoms with E-state index in [-0.39, 0.29) is 0 Å². The highest BCUT2D eigenvalue weighted by Gasteiger charge is 2.00. The van der Waals surface area contributed by atoms with Gasteiger partial charge in [-0.05, 0) is 12.5 Å². The number of hydrogen-bond acceptors (Lipinski definition) is 2. The number of nitrogens with zero attached hydrogens (tertiary/aromatic N) is 1. The summed E-state index contributed by atoms with van der Waals surface area (Å²) in [4.78, 5) is 7.25. The van der Waals surface area contributed by atoms with Crippen LogP contribution in [0.25, 0.3) is 11.3 Å². The highest BCUT2D eigenvalue weighted by atomic mass is 32.1. The Morgan fingerprint density at radius 3 is 2.71 bits per heavy atom. The largest absolute Gasteiger partial charge is 0.350 e. The SMILES string of the molecule is Cc1ccccc1-c1c[nH]c(=S)cn1. The minimum Gasteiger partial charge on any atom is -0.350 e. The maximum absolute atomic E-state index is 4.94. The number of hydrogen-bond donors (Lipinski definition) is 1. The van der Waals surface area contributed by atoms with Crippen molar-refractivity contribution in [2.75, 3.05) is 0 Å². The number of rotatable bonds is 1. The van der Waals surface area contributed by atoms with Crippen LogP contribution in [-0.4, -0.2) is 9.97 Å². The van der Waals surface area contributed by atoms with E-state index in [0.717, 1.165) is 11.3 Å². The summed E-state index contributed by atoms with van der Waals surface area (Å²) < 4.78 is 0.655. The molecule has 0 saturated heterocycles. The zero-order chi connectivity index (χ0) is 9.97. The predicted molar refractivity (Wildman–Crippen MR) is 59.6 cm³/mol. The maximum Gasteiger partial charge on any atom is 0.121 e. The van der Waals surface area contributed by atoms with E-state index in [9.17, 15) is 0 Å². The number of aromatic amines is 1. The van der Waals surface area contributed by atoms with Crippen molar-refractivity contribution in [2.24, 2.45) is 0 Å². The molecule has 0 bridgehead atoms. The molecule has 0 saturated carbocycles. The van der Waals surface area contributed by atoms with E-state index >= 15 is 0 Å². The Morgan fingerprint density at radius 1 is 1.29 bits per heavy atom. The molecule has 1 aromatic carbocycles. The second-order valence-corrected chi connectivity index (χ2v) is 3.55. The summed E-state index contributed by atoms with van der Waals surface area (Å²) >= 11 is 4.94. The average molecular weight is 202 g/mol. The molecule has 2 nitrogen and oxygen atoms in total. The van der Waals surface area contributed by atoms with E-state index in [1.165, 1.54) is 5.56 Å². The van der Waals surface area contributed by atoms with Gasteiger partial charge in [-0.3, -0.25) is 4.98 Å². The van der Waals surface area contributed by atoms with Crippen molar-refractivity contribution in [1.29, 1.82) is 0 Å². The zero-order valence-electron chi connectivity index (χ0n) is 7.82. The van der Waals surface area contributed by atoms with Crippen LogP contribution in [0.15, 0.2) is 36.7 Å². The fourth-order valence-corrected chi connectivity index (χ4v) is 1.46. The van der Waals surface area contributed by atoms with Crippen LogP contribution in [0.5, 0.6) is 0 Å². The number of aromatic nitrogens is 2. The lowest BCUT2D eigenvalue weighted by atomic mass is 10.1. The third-order valence-electron chi connectivity index (χ3n) is 2.09. The lowest BCUT2D eigenvalue weighted by Gasteiger charge is -2.03. The Hall–Kier alpha value is -1.48. The van der Waals surface area contributed by atoms with Gasteiger partial charge in [-0.15, -0.1) is 0 Å². The van der Waals surface area contributed by atoms with Gasteiger partial charge in [0, 0.05) is 11.8 Å². The van der Waals surface area contributed by atoms with Crippen LogP contribution in [0.2, 0.25) is 0 Å². The Labute approximate surface area is 87.7 Å². The van der Waals surface area contributed by atoms with Gasteiger partial charge in [0.1, 0.15) is 4.64 Å². The van der Waals surface area contributed by atoms with Crippen molar-refractivity contribution in [2.45, 2.75) is 6.92 Å². The normalized spacial score (nSPS) is 10.1. The summed E-state index contributed by atoms with van der Waals surface area (Å²) in [6.07, 6.45) is 3.50. The lowest BCUT2D eigenvalue weighted by Crippen LogP contribution is -1.87. The first-order chi connectivity index (χ1) is 6.77. The first kappa shape index (κ1) is 9.09. The molecule has 2 rings (SSSR count). The molecule has 1 N–H and O–H groups in total. The minimum atomic E-state index is 0.655. The number of nitrogens with one attached hydrogen (secondary N) is 1. The molecule has 0 amide bonds. The van der Waals surface area contributed by atoms with Gasteiger partial charge in [0.25, 0.3) is 0 Å². The van der Waals surface area contributed by atoms with Gasteiger partial charge in [0.15, 0.2) is 0 Å². The Bertz CT molecular complexity index is 482. The molecule has 14 heavy (non-hydrogen) atoms. The third-order valence-corrected chi connectivity index (χ3v) is 2.32. The third kappa shape index (κ3) is 1.72. The van der Waals surface area contributed by atoms with Crippen LogP contribution in [-0.2, 0) is 0 Å². The van der Waals surface area contributed by atoms with Crippen molar-refractivity contribution >= 4 is 12.2 Å². The summed E-state index contributed by atoms with van der Waals surface area (Å²) in [5.41, 5.74) is 3.28. The molecule has 0 fully saturated rings. The van der Waals surface area contributed by atoms with E-state index in [4.69, 9.17) is 12.2 Å². The number of benzene rings is 1. The molecule has 0 radical (unpaired) electrons. The number of H-pyrrole nitrogens is 1. The lowest BCUT2D eigenvalue weighted by molar-refractivity contribution is 1.18. The quantitative estimate of drug-likeness (QED) is 0.720. The van der Waals surface area contributed by atoms with Crippen LogP contribution in [0.4, 0.5) is 0 Å². The monoisotopic (exact) mass is 202 g/mol. The average Bonchev–Trinajstić information content (AvgIpc) is 2.20. The fraction of sp³-hybridized carbons (Fsp3) is 0.0909. The topological polar surface area (TPSA) is 28.7 Å². The molecule has 1 heterocycles. The standard InChI is InChI=1S/C11H10N2S/c1-8-4-2-3-5-9(8)10-6-13-11(14)7-12-10/h2-7H,1H3,(H,13,14).